The monoisotopic (exact) mass is 456 g/mol. The van der Waals surface area contributed by atoms with E-state index in [4.69, 9.17) is 4.74 Å². The number of nitrogens with zero attached hydrogens (tertiary/aromatic N) is 4. The third-order valence-electron chi connectivity index (χ3n) is 3.90. The van der Waals surface area contributed by atoms with Crippen molar-refractivity contribution in [1.29, 1.82) is 0 Å². The second-order valence-corrected chi connectivity index (χ2v) is 7.59. The average molecular weight is 456 g/mol. The largest absolute Gasteiger partial charge is 0.455 e. The number of benzene rings is 1. The highest BCUT2D eigenvalue weighted by Crippen LogP contribution is 2.35. The molecule has 1 aromatic carbocycles. The summed E-state index contributed by atoms with van der Waals surface area (Å²) in [6.07, 6.45) is -4.00. The number of aryl methyl sites for hydroxylation is 1. The zero-order valence-electron chi connectivity index (χ0n) is 15.8. The minimum atomic E-state index is -4.54. The van der Waals surface area contributed by atoms with Gasteiger partial charge in [0.05, 0.1) is 22.6 Å². The normalized spacial score (nSPS) is 11.4. The first-order chi connectivity index (χ1) is 14.2. The van der Waals surface area contributed by atoms with Crippen LogP contribution < -0.4 is 4.90 Å². The maximum atomic E-state index is 13.0. The van der Waals surface area contributed by atoms with Crippen molar-refractivity contribution in [2.45, 2.75) is 33.1 Å². The van der Waals surface area contributed by atoms with Gasteiger partial charge in [-0.3, -0.25) is 9.69 Å². The van der Waals surface area contributed by atoms with Crippen molar-refractivity contribution in [3.63, 3.8) is 0 Å². The molecule has 0 radical (unpaired) electrons. The molecule has 0 saturated heterocycles. The van der Waals surface area contributed by atoms with Gasteiger partial charge in [0.25, 0.3) is 0 Å². The van der Waals surface area contributed by atoms with Crippen LogP contribution in [0, 0.1) is 0 Å². The number of halogens is 3. The molecule has 2 heterocycles. The number of carbonyl (C=O) groups is 2. The molecule has 0 N–H and O–H groups in total. The number of thiazole rings is 1. The van der Waals surface area contributed by atoms with Gasteiger partial charge in [0.15, 0.2) is 10.0 Å². The third kappa shape index (κ3) is 4.82. The average Bonchev–Trinajstić information content (AvgIpc) is 3.35. The molecule has 30 heavy (non-hydrogen) atoms. The van der Waals surface area contributed by atoms with Crippen LogP contribution in [0.3, 0.4) is 0 Å². The number of aromatic nitrogens is 3. The van der Waals surface area contributed by atoms with Crippen LogP contribution in [0.1, 0.15) is 40.5 Å². The molecule has 0 fully saturated rings. The van der Waals surface area contributed by atoms with E-state index in [-0.39, 0.29) is 17.4 Å². The molecule has 3 aromatic rings. The minimum Gasteiger partial charge on any atom is -0.455 e. The number of hydrogen-bond donors (Lipinski definition) is 0. The molecule has 0 aliphatic heterocycles. The number of ether oxygens (including phenoxy) is 1. The number of amides is 1. The SMILES string of the molecule is CCc1nnsc1C(=O)OCc1csc(N(C(C)=O)c2cccc(C(F)(F)F)c2)n1. The topological polar surface area (TPSA) is 85.3 Å². The lowest BCUT2D eigenvalue weighted by atomic mass is 10.2. The molecular weight excluding hydrogens is 441 g/mol. The second-order valence-electron chi connectivity index (χ2n) is 6.00. The molecule has 0 saturated carbocycles. The van der Waals surface area contributed by atoms with E-state index in [0.29, 0.717) is 22.7 Å². The molecule has 0 aliphatic rings. The van der Waals surface area contributed by atoms with E-state index in [1.807, 2.05) is 6.92 Å². The highest BCUT2D eigenvalue weighted by molar-refractivity contribution is 7.14. The van der Waals surface area contributed by atoms with Crippen LogP contribution in [0.4, 0.5) is 24.0 Å². The summed E-state index contributed by atoms with van der Waals surface area (Å²) in [4.78, 5) is 29.9. The number of esters is 1. The van der Waals surface area contributed by atoms with Gasteiger partial charge in [0.1, 0.15) is 6.61 Å². The number of carbonyl (C=O) groups excluding carboxylic acids is 2. The Balaban J connectivity index is 1.77. The fourth-order valence-electron chi connectivity index (χ4n) is 2.51. The van der Waals surface area contributed by atoms with E-state index in [2.05, 4.69) is 14.6 Å². The number of rotatable bonds is 6. The van der Waals surface area contributed by atoms with E-state index in [1.54, 1.807) is 5.38 Å². The lowest BCUT2D eigenvalue weighted by Gasteiger charge is -2.19. The van der Waals surface area contributed by atoms with E-state index in [9.17, 15) is 22.8 Å². The zero-order valence-corrected chi connectivity index (χ0v) is 17.4. The number of anilines is 2. The van der Waals surface area contributed by atoms with Gasteiger partial charge < -0.3 is 4.74 Å². The highest BCUT2D eigenvalue weighted by Gasteiger charge is 2.31. The van der Waals surface area contributed by atoms with Gasteiger partial charge in [-0.25, -0.2) is 9.78 Å². The van der Waals surface area contributed by atoms with Crippen LogP contribution in [0.2, 0.25) is 0 Å². The van der Waals surface area contributed by atoms with Crippen LogP contribution in [-0.4, -0.2) is 26.4 Å². The maximum Gasteiger partial charge on any atom is 0.416 e. The standard InChI is InChI=1S/C18H15F3N4O3S2/c1-3-14-15(30-24-23-14)16(27)28-8-12-9-29-17(22-12)25(10(2)26)13-6-4-5-11(7-13)18(19,20)21/h4-7,9H,3,8H2,1-2H3. The lowest BCUT2D eigenvalue weighted by molar-refractivity contribution is -0.137. The van der Waals surface area contributed by atoms with Gasteiger partial charge in [0.2, 0.25) is 5.91 Å². The Morgan fingerprint density at radius 1 is 1.27 bits per heavy atom. The quantitative estimate of drug-likeness (QED) is 0.504. The van der Waals surface area contributed by atoms with Crippen molar-refractivity contribution in [2.24, 2.45) is 0 Å². The van der Waals surface area contributed by atoms with Gasteiger partial charge in [-0.15, -0.1) is 16.4 Å². The van der Waals surface area contributed by atoms with Gasteiger partial charge in [0, 0.05) is 12.3 Å². The summed E-state index contributed by atoms with van der Waals surface area (Å²) in [7, 11) is 0. The molecule has 7 nitrogen and oxygen atoms in total. The fourth-order valence-corrected chi connectivity index (χ4v) is 4.03. The van der Waals surface area contributed by atoms with Crippen molar-refractivity contribution in [3.05, 3.63) is 51.5 Å². The number of hydrogen-bond acceptors (Lipinski definition) is 8. The van der Waals surface area contributed by atoms with Crippen LogP contribution in [-0.2, 0) is 28.7 Å². The predicted octanol–water partition coefficient (Wildman–Crippen LogP) is 4.62. The summed E-state index contributed by atoms with van der Waals surface area (Å²) >= 11 is 1.98. The summed E-state index contributed by atoms with van der Waals surface area (Å²) in [5.41, 5.74) is 0.0637. The Bertz CT molecular complexity index is 1060. The summed E-state index contributed by atoms with van der Waals surface area (Å²) in [5.74, 6) is -1.09. The van der Waals surface area contributed by atoms with Crippen molar-refractivity contribution < 1.29 is 27.5 Å². The first-order valence-corrected chi connectivity index (χ1v) is 10.3. The van der Waals surface area contributed by atoms with Gasteiger partial charge in [-0.2, -0.15) is 13.2 Å². The Hall–Kier alpha value is -2.86. The molecule has 2 aromatic heterocycles. The third-order valence-corrected chi connectivity index (χ3v) is 5.53. The predicted molar refractivity (Wildman–Crippen MR) is 105 cm³/mol. The molecule has 0 aliphatic carbocycles. The van der Waals surface area contributed by atoms with Crippen molar-refractivity contribution in [2.75, 3.05) is 4.90 Å². The van der Waals surface area contributed by atoms with Crippen LogP contribution >= 0.6 is 22.9 Å². The molecule has 1 amide bonds. The number of alkyl halides is 3. The van der Waals surface area contributed by atoms with Gasteiger partial charge >= 0.3 is 12.1 Å². The Morgan fingerprint density at radius 3 is 2.70 bits per heavy atom. The first kappa shape index (κ1) is 21.8. The summed E-state index contributed by atoms with van der Waals surface area (Å²) in [5, 5.41) is 5.58. The Morgan fingerprint density at radius 2 is 2.03 bits per heavy atom. The molecule has 3 rings (SSSR count). The van der Waals surface area contributed by atoms with Crippen molar-refractivity contribution in [3.8, 4) is 0 Å². The van der Waals surface area contributed by atoms with Crippen molar-refractivity contribution in [1.82, 2.24) is 14.6 Å². The smallest absolute Gasteiger partial charge is 0.416 e. The molecular formula is C18H15F3N4O3S2. The first-order valence-electron chi connectivity index (χ1n) is 8.61. The lowest BCUT2D eigenvalue weighted by Crippen LogP contribution is -2.23. The molecule has 158 valence electrons. The maximum absolute atomic E-state index is 13.0. The van der Waals surface area contributed by atoms with E-state index in [1.165, 1.54) is 19.1 Å². The Labute approximate surface area is 177 Å². The minimum absolute atomic E-state index is 0.0403. The molecule has 0 bridgehead atoms. The summed E-state index contributed by atoms with van der Waals surface area (Å²) < 4.78 is 48.0. The highest BCUT2D eigenvalue weighted by atomic mass is 32.1. The van der Waals surface area contributed by atoms with Crippen LogP contribution in [0.15, 0.2) is 29.6 Å². The van der Waals surface area contributed by atoms with E-state index < -0.39 is 23.6 Å². The van der Waals surface area contributed by atoms with Gasteiger partial charge in [-0.1, -0.05) is 17.5 Å². The Kier molecular flexibility index (Phi) is 6.46. The van der Waals surface area contributed by atoms with Crippen LogP contribution in [0.5, 0.6) is 0 Å². The fraction of sp³-hybridized carbons (Fsp3) is 0.278. The van der Waals surface area contributed by atoms with E-state index in [0.717, 1.165) is 39.9 Å². The molecule has 0 unspecified atom stereocenters. The summed E-state index contributed by atoms with van der Waals surface area (Å²) in [6, 6.07) is 4.42. The second kappa shape index (κ2) is 8.88. The summed E-state index contributed by atoms with van der Waals surface area (Å²) in [6.45, 7) is 2.90. The zero-order chi connectivity index (χ0) is 21.9. The molecule has 0 atom stereocenters. The van der Waals surface area contributed by atoms with Gasteiger partial charge in [-0.05, 0) is 36.2 Å². The van der Waals surface area contributed by atoms with E-state index >= 15 is 0 Å². The van der Waals surface area contributed by atoms with Crippen molar-refractivity contribution >= 4 is 45.6 Å². The molecule has 12 heteroatoms. The molecule has 0 spiro atoms. The van der Waals surface area contributed by atoms with Crippen LogP contribution in [0.25, 0.3) is 0 Å².